The maximum atomic E-state index is 15.3. The van der Waals surface area contributed by atoms with Crippen molar-refractivity contribution in [2.45, 2.75) is 58.0 Å². The number of benzene rings is 3. The van der Waals surface area contributed by atoms with Crippen LogP contribution >= 0.6 is 0 Å². The summed E-state index contributed by atoms with van der Waals surface area (Å²) in [4.78, 5) is 0. The first-order valence-corrected chi connectivity index (χ1v) is 13.2. The van der Waals surface area contributed by atoms with Gasteiger partial charge in [0.05, 0.1) is 11.1 Å². The lowest BCUT2D eigenvalue weighted by atomic mass is 9.71. The number of allylic oxidation sites excluding steroid dienone is 2. The van der Waals surface area contributed by atoms with Crippen LogP contribution in [0.25, 0.3) is 27.5 Å². The van der Waals surface area contributed by atoms with Gasteiger partial charge in [-0.3, -0.25) is 0 Å². The number of rotatable bonds is 3. The molecule has 1 unspecified atom stereocenters. The molecule has 0 aromatic heterocycles. The summed E-state index contributed by atoms with van der Waals surface area (Å²) < 4.78 is 96.8. The van der Waals surface area contributed by atoms with Crippen LogP contribution in [-0.2, 0) is 0 Å². The van der Waals surface area contributed by atoms with Gasteiger partial charge in [0.1, 0.15) is 23.3 Å². The van der Waals surface area contributed by atoms with Crippen LogP contribution in [0.1, 0.15) is 63.0 Å². The molecular weight excluding hydrogens is 517 g/mol. The first-order chi connectivity index (χ1) is 18.5. The van der Waals surface area contributed by atoms with Gasteiger partial charge in [-0.1, -0.05) is 43.9 Å². The summed E-state index contributed by atoms with van der Waals surface area (Å²) in [6.07, 6.45) is 4.84. The zero-order valence-electron chi connectivity index (χ0n) is 21.4. The van der Waals surface area contributed by atoms with Crippen LogP contribution in [0.3, 0.4) is 0 Å². The van der Waals surface area contributed by atoms with Crippen molar-refractivity contribution in [1.29, 1.82) is 0 Å². The predicted octanol–water partition coefficient (Wildman–Crippen LogP) is 9.99. The molecule has 2 aliphatic rings. The number of hydrogen-bond donors (Lipinski definition) is 0. The molecule has 0 radical (unpaired) electrons. The fourth-order valence-corrected chi connectivity index (χ4v) is 6.07. The molecule has 0 amide bonds. The molecule has 0 nitrogen and oxygen atoms in total. The Morgan fingerprint density at radius 1 is 0.769 bits per heavy atom. The third-order valence-corrected chi connectivity index (χ3v) is 8.24. The average Bonchev–Trinajstić information content (AvgIpc) is 2.88. The monoisotopic (exact) mass is 544 g/mol. The van der Waals surface area contributed by atoms with E-state index in [0.29, 0.717) is 17.4 Å². The Morgan fingerprint density at radius 2 is 1.46 bits per heavy atom. The third kappa shape index (κ3) is 5.85. The van der Waals surface area contributed by atoms with Crippen LogP contribution in [-0.4, -0.2) is 6.18 Å². The van der Waals surface area contributed by atoms with Crippen LogP contribution < -0.4 is 0 Å². The molecule has 0 bridgehead atoms. The molecule has 0 N–H and O–H groups in total. The summed E-state index contributed by atoms with van der Waals surface area (Å²) in [5.74, 6) is 0.278. The molecule has 2 aliphatic carbocycles. The van der Waals surface area contributed by atoms with E-state index in [-0.39, 0.29) is 21.9 Å². The highest BCUT2D eigenvalue weighted by Crippen LogP contribution is 2.42. The summed E-state index contributed by atoms with van der Waals surface area (Å²) in [5, 5.41) is -0.264. The second-order valence-corrected chi connectivity index (χ2v) is 10.8. The van der Waals surface area contributed by atoms with E-state index in [2.05, 4.69) is 13.0 Å². The highest BCUT2D eigenvalue weighted by atomic mass is 19.4. The molecule has 1 saturated carbocycles. The maximum absolute atomic E-state index is 15.3. The van der Waals surface area contributed by atoms with E-state index in [0.717, 1.165) is 48.8 Å². The lowest BCUT2D eigenvalue weighted by molar-refractivity contribution is -0.0696. The maximum Gasteiger partial charge on any atom is 0.458 e. The SMILES string of the molecule is CC1CCC(C2CC=C(c3cc(F)c(-c4ccc5c(F)c(C#CC(F)(F)F)c(F)cc5c4)c(F)c3)CC2)CC1. The summed E-state index contributed by atoms with van der Waals surface area (Å²) in [6.45, 7) is 2.30. The smallest absolute Gasteiger partial charge is 0.206 e. The molecule has 39 heavy (non-hydrogen) atoms. The van der Waals surface area contributed by atoms with Gasteiger partial charge in [-0.2, -0.15) is 13.2 Å². The fourth-order valence-electron chi connectivity index (χ4n) is 6.07. The van der Waals surface area contributed by atoms with Crippen molar-refractivity contribution in [2.24, 2.45) is 17.8 Å². The molecule has 3 aromatic rings. The summed E-state index contributed by atoms with van der Waals surface area (Å²) in [5.41, 5.74) is 0.0923. The zero-order chi connectivity index (χ0) is 27.9. The van der Waals surface area contributed by atoms with Crippen LogP contribution in [0.15, 0.2) is 42.5 Å². The quantitative estimate of drug-likeness (QED) is 0.227. The molecule has 1 atom stereocenters. The highest BCUT2D eigenvalue weighted by molar-refractivity contribution is 5.89. The molecule has 0 spiro atoms. The van der Waals surface area contributed by atoms with Crippen LogP contribution in [0.2, 0.25) is 0 Å². The van der Waals surface area contributed by atoms with E-state index in [1.807, 2.05) is 0 Å². The molecule has 1 fully saturated rings. The zero-order valence-corrected chi connectivity index (χ0v) is 21.4. The second kappa shape index (κ2) is 10.7. The minimum Gasteiger partial charge on any atom is -0.206 e. The molecule has 0 saturated heterocycles. The summed E-state index contributed by atoms with van der Waals surface area (Å²) in [6, 6.07) is 6.99. The Balaban J connectivity index is 1.41. The molecule has 5 rings (SSSR count). The van der Waals surface area contributed by atoms with Crippen molar-refractivity contribution >= 4 is 16.3 Å². The Bertz CT molecular complexity index is 1470. The first-order valence-electron chi connectivity index (χ1n) is 13.2. The largest absolute Gasteiger partial charge is 0.458 e. The van der Waals surface area contributed by atoms with Gasteiger partial charge in [-0.15, -0.1) is 0 Å². The molecule has 204 valence electrons. The topological polar surface area (TPSA) is 0 Å². The van der Waals surface area contributed by atoms with E-state index in [9.17, 15) is 22.0 Å². The van der Waals surface area contributed by atoms with E-state index in [4.69, 9.17) is 0 Å². The molecule has 3 aromatic carbocycles. The van der Waals surface area contributed by atoms with Crippen molar-refractivity contribution in [3.63, 3.8) is 0 Å². The normalized spacial score (nSPS) is 21.8. The summed E-state index contributed by atoms with van der Waals surface area (Å²) in [7, 11) is 0. The van der Waals surface area contributed by atoms with Crippen LogP contribution in [0, 0.1) is 52.9 Å². The second-order valence-electron chi connectivity index (χ2n) is 10.8. The van der Waals surface area contributed by atoms with Gasteiger partial charge in [0.2, 0.25) is 0 Å². The van der Waals surface area contributed by atoms with Gasteiger partial charge in [0, 0.05) is 11.3 Å². The van der Waals surface area contributed by atoms with E-state index in [1.54, 1.807) is 0 Å². The van der Waals surface area contributed by atoms with Crippen molar-refractivity contribution < 1.29 is 30.7 Å². The van der Waals surface area contributed by atoms with Gasteiger partial charge in [0.15, 0.2) is 0 Å². The van der Waals surface area contributed by atoms with Gasteiger partial charge >= 0.3 is 6.18 Å². The Labute approximate surface area is 222 Å². The number of hydrogen-bond acceptors (Lipinski definition) is 0. The van der Waals surface area contributed by atoms with E-state index in [1.165, 1.54) is 55.9 Å². The van der Waals surface area contributed by atoms with Gasteiger partial charge in [-0.05, 0) is 96.2 Å². The van der Waals surface area contributed by atoms with Gasteiger partial charge < -0.3 is 0 Å². The molecule has 0 heterocycles. The van der Waals surface area contributed by atoms with Crippen LogP contribution in [0.4, 0.5) is 30.7 Å². The number of alkyl halides is 3. The minimum atomic E-state index is -4.91. The number of fused-ring (bicyclic) bond motifs is 1. The predicted molar refractivity (Wildman–Crippen MR) is 139 cm³/mol. The standard InChI is InChI=1S/C32H27F7/c1-18-2-4-19(5-3-18)20-6-8-21(9-7-20)23-15-28(34)30(29(35)16-23)22-10-11-25-24(14-22)17-27(33)26(31(25)36)12-13-32(37,38)39/h8,10-11,14-20H,2-7,9H2,1H3. The minimum absolute atomic E-state index is 0.0546. The Hall–Kier alpha value is -3.27. The van der Waals surface area contributed by atoms with Crippen molar-refractivity contribution in [1.82, 2.24) is 0 Å². The average molecular weight is 545 g/mol. The highest BCUT2D eigenvalue weighted by Gasteiger charge is 2.28. The number of halogens is 7. The van der Waals surface area contributed by atoms with Crippen molar-refractivity contribution in [3.8, 4) is 23.0 Å². The van der Waals surface area contributed by atoms with Gasteiger partial charge in [0.25, 0.3) is 0 Å². The lowest BCUT2D eigenvalue weighted by Gasteiger charge is -2.34. The fraction of sp³-hybridized carbons (Fsp3) is 0.375. The van der Waals surface area contributed by atoms with Crippen LogP contribution in [0.5, 0.6) is 0 Å². The first kappa shape index (κ1) is 27.3. The Kier molecular flexibility index (Phi) is 7.50. The molecule has 7 heteroatoms. The lowest BCUT2D eigenvalue weighted by Crippen LogP contribution is -2.22. The third-order valence-electron chi connectivity index (χ3n) is 8.24. The van der Waals surface area contributed by atoms with E-state index < -0.39 is 35.0 Å². The molecule has 0 aliphatic heterocycles. The Morgan fingerprint density at radius 3 is 2.08 bits per heavy atom. The molecular formula is C32H27F7. The summed E-state index contributed by atoms with van der Waals surface area (Å²) >= 11 is 0. The van der Waals surface area contributed by atoms with Crippen molar-refractivity contribution in [2.75, 3.05) is 0 Å². The van der Waals surface area contributed by atoms with E-state index >= 15 is 8.78 Å². The van der Waals surface area contributed by atoms with Crippen molar-refractivity contribution in [3.05, 3.63) is 76.9 Å². The van der Waals surface area contributed by atoms with Gasteiger partial charge in [-0.25, -0.2) is 17.6 Å².